The van der Waals surface area contributed by atoms with Gasteiger partial charge in [0.2, 0.25) is 0 Å². The molecule has 0 bridgehead atoms. The molecule has 0 aliphatic heterocycles. The van der Waals surface area contributed by atoms with Gasteiger partial charge in [-0.1, -0.05) is 25.4 Å². The Hall–Kier alpha value is -2.07. The average molecular weight is 333 g/mol. The van der Waals surface area contributed by atoms with Crippen molar-refractivity contribution < 1.29 is 4.79 Å². The Morgan fingerprint density at radius 2 is 1.83 bits per heavy atom. The molecule has 1 aromatic carbocycles. The number of hydrogen-bond donors (Lipinski definition) is 0. The summed E-state index contributed by atoms with van der Waals surface area (Å²) < 4.78 is 1.52. The standard InChI is InChI=1S/C18H21ClN2O2/c1-12(2)11-21(16-7-5-15(19)6-8-16)18(23)14-9-13(3)20(4)17(22)10-14/h5-10,12H,11H2,1-4H3. The van der Waals surface area contributed by atoms with E-state index < -0.39 is 0 Å². The zero-order valence-corrected chi connectivity index (χ0v) is 14.6. The van der Waals surface area contributed by atoms with Crippen LogP contribution in [0, 0.1) is 12.8 Å². The minimum absolute atomic E-state index is 0.179. The predicted octanol–water partition coefficient (Wildman–Crippen LogP) is 3.65. The smallest absolute Gasteiger partial charge is 0.258 e. The largest absolute Gasteiger partial charge is 0.316 e. The maximum absolute atomic E-state index is 12.9. The third-order valence-electron chi connectivity index (χ3n) is 3.68. The number of pyridine rings is 1. The second-order valence-corrected chi connectivity index (χ2v) is 6.51. The number of hydrogen-bond acceptors (Lipinski definition) is 2. The molecular weight excluding hydrogens is 312 g/mol. The number of carbonyl (C=O) groups is 1. The number of aromatic nitrogens is 1. The Bertz CT molecular complexity index is 764. The van der Waals surface area contributed by atoms with Crippen molar-refractivity contribution in [2.24, 2.45) is 13.0 Å². The van der Waals surface area contributed by atoms with Crippen LogP contribution in [-0.2, 0) is 7.05 Å². The van der Waals surface area contributed by atoms with Crippen molar-refractivity contribution in [1.29, 1.82) is 0 Å². The van der Waals surface area contributed by atoms with Crippen molar-refractivity contribution in [3.05, 3.63) is 63.0 Å². The van der Waals surface area contributed by atoms with Gasteiger partial charge in [0.1, 0.15) is 0 Å². The first-order valence-corrected chi connectivity index (χ1v) is 7.92. The number of amides is 1. The number of halogens is 1. The molecule has 1 amide bonds. The molecule has 2 rings (SSSR count). The van der Waals surface area contributed by atoms with Gasteiger partial charge < -0.3 is 9.47 Å². The highest BCUT2D eigenvalue weighted by Gasteiger charge is 2.20. The maximum Gasteiger partial charge on any atom is 0.258 e. The molecule has 0 saturated carbocycles. The molecule has 5 heteroatoms. The van der Waals surface area contributed by atoms with Gasteiger partial charge in [0, 0.05) is 41.6 Å². The van der Waals surface area contributed by atoms with Gasteiger partial charge in [-0.2, -0.15) is 0 Å². The molecule has 0 aliphatic rings. The summed E-state index contributed by atoms with van der Waals surface area (Å²) in [5, 5.41) is 0.620. The number of nitrogens with zero attached hydrogens (tertiary/aromatic N) is 2. The molecular formula is C18H21ClN2O2. The fourth-order valence-corrected chi connectivity index (χ4v) is 2.46. The Morgan fingerprint density at radius 3 is 2.35 bits per heavy atom. The van der Waals surface area contributed by atoms with E-state index in [1.165, 1.54) is 10.6 Å². The van der Waals surface area contributed by atoms with Crippen LogP contribution in [0.15, 0.2) is 41.2 Å². The molecule has 0 unspecified atom stereocenters. The van der Waals surface area contributed by atoms with Gasteiger partial charge in [-0.05, 0) is 43.2 Å². The van der Waals surface area contributed by atoms with Gasteiger partial charge >= 0.3 is 0 Å². The fourth-order valence-electron chi connectivity index (χ4n) is 2.34. The SMILES string of the molecule is Cc1cc(C(=O)N(CC(C)C)c2ccc(Cl)cc2)cc(=O)n1C. The summed E-state index contributed by atoms with van der Waals surface area (Å²) in [4.78, 5) is 26.6. The number of aryl methyl sites for hydroxylation is 1. The van der Waals surface area contributed by atoms with E-state index >= 15 is 0 Å². The Kier molecular flexibility index (Phi) is 5.26. The monoisotopic (exact) mass is 332 g/mol. The maximum atomic E-state index is 12.9. The molecule has 0 fully saturated rings. The minimum Gasteiger partial charge on any atom is -0.316 e. The Balaban J connectivity index is 2.45. The van der Waals surface area contributed by atoms with Crippen LogP contribution >= 0.6 is 11.6 Å². The lowest BCUT2D eigenvalue weighted by Gasteiger charge is -2.25. The first-order chi connectivity index (χ1) is 10.8. The van der Waals surface area contributed by atoms with E-state index in [-0.39, 0.29) is 11.5 Å². The molecule has 0 N–H and O–H groups in total. The lowest BCUT2D eigenvalue weighted by molar-refractivity contribution is 0.0983. The molecule has 4 nitrogen and oxygen atoms in total. The predicted molar refractivity (Wildman–Crippen MR) is 94.4 cm³/mol. The van der Waals surface area contributed by atoms with E-state index in [0.29, 0.717) is 23.0 Å². The van der Waals surface area contributed by atoms with Crippen LogP contribution in [0.4, 0.5) is 5.69 Å². The van der Waals surface area contributed by atoms with E-state index in [1.807, 2.05) is 32.9 Å². The zero-order valence-electron chi connectivity index (χ0n) is 13.8. The number of rotatable bonds is 4. The lowest BCUT2D eigenvalue weighted by atomic mass is 10.1. The molecule has 122 valence electrons. The highest BCUT2D eigenvalue weighted by molar-refractivity contribution is 6.30. The van der Waals surface area contributed by atoms with Crippen LogP contribution < -0.4 is 10.5 Å². The van der Waals surface area contributed by atoms with Crippen molar-refractivity contribution in [3.8, 4) is 0 Å². The van der Waals surface area contributed by atoms with E-state index in [2.05, 4.69) is 0 Å². The van der Waals surface area contributed by atoms with E-state index in [0.717, 1.165) is 11.4 Å². The molecule has 23 heavy (non-hydrogen) atoms. The fraction of sp³-hybridized carbons (Fsp3) is 0.333. The molecule has 0 aliphatic carbocycles. The van der Waals surface area contributed by atoms with Crippen molar-refractivity contribution in [2.45, 2.75) is 20.8 Å². The van der Waals surface area contributed by atoms with Crippen LogP contribution in [-0.4, -0.2) is 17.0 Å². The molecule has 0 atom stereocenters. The van der Waals surface area contributed by atoms with Crippen LogP contribution in [0.3, 0.4) is 0 Å². The summed E-state index contributed by atoms with van der Waals surface area (Å²) >= 11 is 5.93. The van der Waals surface area contributed by atoms with Crippen LogP contribution in [0.2, 0.25) is 5.02 Å². The van der Waals surface area contributed by atoms with Crippen LogP contribution in [0.25, 0.3) is 0 Å². The highest BCUT2D eigenvalue weighted by Crippen LogP contribution is 2.21. The van der Waals surface area contributed by atoms with Crippen molar-refractivity contribution in [2.75, 3.05) is 11.4 Å². The first-order valence-electron chi connectivity index (χ1n) is 7.54. The average Bonchev–Trinajstić information content (AvgIpc) is 2.50. The van der Waals surface area contributed by atoms with Gasteiger partial charge in [0.25, 0.3) is 11.5 Å². The summed E-state index contributed by atoms with van der Waals surface area (Å²) in [6.45, 7) is 6.47. The quantitative estimate of drug-likeness (QED) is 0.857. The van der Waals surface area contributed by atoms with Gasteiger partial charge in [0.15, 0.2) is 0 Å². The minimum atomic E-state index is -0.186. The van der Waals surface area contributed by atoms with Crippen LogP contribution in [0.5, 0.6) is 0 Å². The van der Waals surface area contributed by atoms with E-state index in [9.17, 15) is 9.59 Å². The summed E-state index contributed by atoms with van der Waals surface area (Å²) in [6.07, 6.45) is 0. The highest BCUT2D eigenvalue weighted by atomic mass is 35.5. The van der Waals surface area contributed by atoms with Crippen molar-refractivity contribution in [3.63, 3.8) is 0 Å². The summed E-state index contributed by atoms with van der Waals surface area (Å²) in [5.74, 6) is 0.115. The molecule has 0 radical (unpaired) electrons. The first kappa shape index (κ1) is 17.3. The Labute approximate surface area is 141 Å². The summed E-state index contributed by atoms with van der Waals surface area (Å²) in [5.41, 5.74) is 1.74. The molecule has 0 spiro atoms. The molecule has 1 aromatic heterocycles. The zero-order chi connectivity index (χ0) is 17.1. The second-order valence-electron chi connectivity index (χ2n) is 6.07. The third-order valence-corrected chi connectivity index (χ3v) is 3.93. The van der Waals surface area contributed by atoms with Gasteiger partial charge in [-0.25, -0.2) is 0 Å². The number of carbonyl (C=O) groups excluding carboxylic acids is 1. The Morgan fingerprint density at radius 1 is 1.22 bits per heavy atom. The summed E-state index contributed by atoms with van der Waals surface area (Å²) in [6, 6.07) is 10.3. The topological polar surface area (TPSA) is 42.3 Å². The molecule has 0 saturated heterocycles. The lowest BCUT2D eigenvalue weighted by Crippen LogP contribution is -2.35. The molecule has 2 aromatic rings. The molecule has 1 heterocycles. The number of benzene rings is 1. The van der Waals surface area contributed by atoms with Crippen LogP contribution in [0.1, 0.15) is 29.9 Å². The summed E-state index contributed by atoms with van der Waals surface area (Å²) in [7, 11) is 1.69. The van der Waals surface area contributed by atoms with Gasteiger partial charge in [0.05, 0.1) is 0 Å². The second kappa shape index (κ2) is 7.01. The van der Waals surface area contributed by atoms with Crippen molar-refractivity contribution in [1.82, 2.24) is 4.57 Å². The van der Waals surface area contributed by atoms with E-state index in [4.69, 9.17) is 11.6 Å². The number of anilines is 1. The normalized spacial score (nSPS) is 10.9. The van der Waals surface area contributed by atoms with E-state index in [1.54, 1.807) is 30.1 Å². The van der Waals surface area contributed by atoms with Gasteiger partial charge in [-0.3, -0.25) is 9.59 Å². The van der Waals surface area contributed by atoms with Gasteiger partial charge in [-0.15, -0.1) is 0 Å². The third kappa shape index (κ3) is 4.02. The van der Waals surface area contributed by atoms with Crippen molar-refractivity contribution >= 4 is 23.2 Å².